The summed E-state index contributed by atoms with van der Waals surface area (Å²) in [5.74, 6) is 0. The molecule has 0 fully saturated rings. The Labute approximate surface area is 97.3 Å². The summed E-state index contributed by atoms with van der Waals surface area (Å²) in [6, 6.07) is 7.81. The Morgan fingerprint density at radius 2 is 2.07 bits per heavy atom. The van der Waals surface area contributed by atoms with Crippen molar-refractivity contribution in [3.8, 4) is 0 Å². The van der Waals surface area contributed by atoms with Gasteiger partial charge in [0.1, 0.15) is 0 Å². The van der Waals surface area contributed by atoms with E-state index in [0.717, 1.165) is 16.3 Å². The quantitative estimate of drug-likeness (QED) is 0.895. The van der Waals surface area contributed by atoms with Gasteiger partial charge in [0.25, 0.3) is 0 Å². The molecule has 0 aliphatic heterocycles. The summed E-state index contributed by atoms with van der Waals surface area (Å²) in [5.41, 5.74) is 2.07. The molecule has 15 heavy (non-hydrogen) atoms. The number of nitrogens with one attached hydrogen (secondary N) is 1. The van der Waals surface area contributed by atoms with Crippen LogP contribution in [0.4, 0.5) is 0 Å². The van der Waals surface area contributed by atoms with Crippen LogP contribution >= 0.6 is 23.1 Å². The van der Waals surface area contributed by atoms with Crippen LogP contribution in [0.3, 0.4) is 0 Å². The van der Waals surface area contributed by atoms with Crippen molar-refractivity contribution in [2.75, 3.05) is 7.05 Å². The second kappa shape index (κ2) is 4.70. The number of halogens is 1. The maximum Gasteiger partial charge on any atom is 0.0970 e. The number of benzene rings is 1. The van der Waals surface area contributed by atoms with Gasteiger partial charge in [0, 0.05) is 10.4 Å². The second-order valence-corrected chi connectivity index (χ2v) is 4.15. The van der Waals surface area contributed by atoms with Gasteiger partial charge in [-0.1, -0.05) is 28.2 Å². The third-order valence-electron chi connectivity index (χ3n) is 2.16. The largest absolute Gasteiger partial charge is 0.308 e. The van der Waals surface area contributed by atoms with Crippen LogP contribution in [-0.2, 0) is 0 Å². The molecule has 1 unspecified atom stereocenters. The number of aromatic nitrogens is 2. The topological polar surface area (TPSA) is 37.8 Å². The summed E-state index contributed by atoms with van der Waals surface area (Å²) < 4.78 is 3.86. The molecule has 78 valence electrons. The molecular weight excluding hydrogens is 230 g/mol. The predicted molar refractivity (Wildman–Crippen MR) is 62.3 cm³/mol. The van der Waals surface area contributed by atoms with E-state index in [9.17, 15) is 0 Å². The molecule has 3 nitrogen and oxygen atoms in total. The molecule has 1 atom stereocenters. The minimum Gasteiger partial charge on any atom is -0.308 e. The first-order valence-electron chi connectivity index (χ1n) is 4.51. The maximum atomic E-state index is 5.84. The molecule has 0 aliphatic rings. The highest BCUT2D eigenvalue weighted by atomic mass is 35.5. The van der Waals surface area contributed by atoms with E-state index in [1.54, 1.807) is 0 Å². The average Bonchev–Trinajstić information content (AvgIpc) is 2.75. The molecule has 0 radical (unpaired) electrons. The Bertz CT molecular complexity index is 413. The Morgan fingerprint density at radius 1 is 1.33 bits per heavy atom. The Morgan fingerprint density at radius 3 is 2.60 bits per heavy atom. The fourth-order valence-electron chi connectivity index (χ4n) is 1.44. The zero-order chi connectivity index (χ0) is 10.7. The number of hydrogen-bond acceptors (Lipinski definition) is 4. The molecule has 1 heterocycles. The molecule has 0 saturated carbocycles. The number of hydrogen-bond donors (Lipinski definition) is 1. The lowest BCUT2D eigenvalue weighted by atomic mass is 10.1. The lowest BCUT2D eigenvalue weighted by Gasteiger charge is -2.13. The highest BCUT2D eigenvalue weighted by molar-refractivity contribution is 7.03. The fourth-order valence-corrected chi connectivity index (χ4v) is 2.04. The first-order chi connectivity index (χ1) is 7.31. The summed E-state index contributed by atoms with van der Waals surface area (Å²) in [4.78, 5) is 0. The molecule has 5 heteroatoms. The van der Waals surface area contributed by atoms with Crippen LogP contribution in [0.25, 0.3) is 0 Å². The van der Waals surface area contributed by atoms with Gasteiger partial charge in [-0.15, -0.1) is 5.10 Å². The SMILES string of the molecule is CNC(c1ccc(Cl)cc1)c1csnn1. The standard InChI is InChI=1S/C10H10ClN3S/c1-12-10(9-6-15-14-13-9)7-2-4-8(11)5-3-7/h2-6,10,12H,1H3. The average molecular weight is 240 g/mol. The highest BCUT2D eigenvalue weighted by Crippen LogP contribution is 2.21. The minimum absolute atomic E-state index is 0.0843. The zero-order valence-electron chi connectivity index (χ0n) is 8.14. The van der Waals surface area contributed by atoms with Gasteiger partial charge in [-0.25, -0.2) is 0 Å². The van der Waals surface area contributed by atoms with E-state index in [2.05, 4.69) is 14.9 Å². The molecule has 2 rings (SSSR count). The van der Waals surface area contributed by atoms with Crippen LogP contribution in [0.5, 0.6) is 0 Å². The number of rotatable bonds is 3. The van der Waals surface area contributed by atoms with Crippen molar-refractivity contribution in [1.29, 1.82) is 0 Å². The van der Waals surface area contributed by atoms with E-state index in [0.29, 0.717) is 0 Å². The van der Waals surface area contributed by atoms with Crippen molar-refractivity contribution in [2.24, 2.45) is 0 Å². The number of nitrogens with zero attached hydrogens (tertiary/aromatic N) is 2. The molecule has 1 aromatic carbocycles. The van der Waals surface area contributed by atoms with Crippen molar-refractivity contribution >= 4 is 23.1 Å². The molecule has 1 aromatic heterocycles. The van der Waals surface area contributed by atoms with Crippen LogP contribution < -0.4 is 5.32 Å². The summed E-state index contributed by atoms with van der Waals surface area (Å²) in [7, 11) is 1.90. The lowest BCUT2D eigenvalue weighted by Crippen LogP contribution is -2.17. The van der Waals surface area contributed by atoms with Crippen LogP contribution in [0, 0.1) is 0 Å². The van der Waals surface area contributed by atoms with Gasteiger partial charge in [0.05, 0.1) is 11.7 Å². The molecule has 0 aliphatic carbocycles. The van der Waals surface area contributed by atoms with E-state index in [1.807, 2.05) is 36.7 Å². The smallest absolute Gasteiger partial charge is 0.0970 e. The normalized spacial score (nSPS) is 12.7. The van der Waals surface area contributed by atoms with E-state index in [-0.39, 0.29) is 6.04 Å². The van der Waals surface area contributed by atoms with E-state index in [4.69, 9.17) is 11.6 Å². The molecule has 0 amide bonds. The van der Waals surface area contributed by atoms with Crippen molar-refractivity contribution < 1.29 is 0 Å². The van der Waals surface area contributed by atoms with E-state index >= 15 is 0 Å². The third kappa shape index (κ3) is 2.34. The van der Waals surface area contributed by atoms with Gasteiger partial charge in [0.2, 0.25) is 0 Å². The van der Waals surface area contributed by atoms with Crippen molar-refractivity contribution in [3.63, 3.8) is 0 Å². The summed E-state index contributed by atoms with van der Waals surface area (Å²) in [5, 5.41) is 9.94. The van der Waals surface area contributed by atoms with Crippen molar-refractivity contribution in [3.05, 3.63) is 45.9 Å². The molecule has 1 N–H and O–H groups in total. The van der Waals surface area contributed by atoms with Crippen LogP contribution in [0.1, 0.15) is 17.3 Å². The van der Waals surface area contributed by atoms with Crippen molar-refractivity contribution in [2.45, 2.75) is 6.04 Å². The Hall–Kier alpha value is -0.970. The maximum absolute atomic E-state index is 5.84. The first kappa shape index (κ1) is 10.5. The first-order valence-corrected chi connectivity index (χ1v) is 5.72. The highest BCUT2D eigenvalue weighted by Gasteiger charge is 2.13. The fraction of sp³-hybridized carbons (Fsp3) is 0.200. The van der Waals surface area contributed by atoms with Crippen molar-refractivity contribution in [1.82, 2.24) is 14.9 Å². The molecular formula is C10H10ClN3S. The second-order valence-electron chi connectivity index (χ2n) is 3.10. The zero-order valence-corrected chi connectivity index (χ0v) is 9.72. The monoisotopic (exact) mass is 239 g/mol. The minimum atomic E-state index is 0.0843. The van der Waals surface area contributed by atoms with Gasteiger partial charge in [-0.05, 0) is 36.3 Å². The summed E-state index contributed by atoms with van der Waals surface area (Å²) in [6.07, 6.45) is 0. The summed E-state index contributed by atoms with van der Waals surface area (Å²) in [6.45, 7) is 0. The lowest BCUT2D eigenvalue weighted by molar-refractivity contribution is 0.668. The predicted octanol–water partition coefficient (Wildman–Crippen LogP) is 2.50. The van der Waals surface area contributed by atoms with Crippen LogP contribution in [0.2, 0.25) is 5.02 Å². The Kier molecular flexibility index (Phi) is 3.30. The molecule has 2 aromatic rings. The van der Waals surface area contributed by atoms with Gasteiger partial charge >= 0.3 is 0 Å². The molecule has 0 spiro atoms. The van der Waals surface area contributed by atoms with Crippen LogP contribution in [0.15, 0.2) is 29.6 Å². The molecule has 0 saturated heterocycles. The van der Waals surface area contributed by atoms with Crippen LogP contribution in [-0.4, -0.2) is 16.6 Å². The molecule has 0 bridgehead atoms. The Balaban J connectivity index is 2.31. The van der Waals surface area contributed by atoms with Gasteiger partial charge in [-0.2, -0.15) is 0 Å². The van der Waals surface area contributed by atoms with Gasteiger partial charge < -0.3 is 5.32 Å². The van der Waals surface area contributed by atoms with E-state index < -0.39 is 0 Å². The summed E-state index contributed by atoms with van der Waals surface area (Å²) >= 11 is 7.19. The van der Waals surface area contributed by atoms with Gasteiger partial charge in [0.15, 0.2) is 0 Å². The van der Waals surface area contributed by atoms with Gasteiger partial charge in [-0.3, -0.25) is 0 Å². The van der Waals surface area contributed by atoms with E-state index in [1.165, 1.54) is 11.5 Å². The third-order valence-corrected chi connectivity index (χ3v) is 2.94.